The van der Waals surface area contributed by atoms with Gasteiger partial charge in [-0.3, -0.25) is 0 Å². The lowest BCUT2D eigenvalue weighted by Gasteiger charge is -2.31. The Morgan fingerprint density at radius 1 is 0.762 bits per heavy atom. The predicted octanol–water partition coefficient (Wildman–Crippen LogP) is 7.65. The Kier molecular flexibility index (Phi) is 9.31. The summed E-state index contributed by atoms with van der Waals surface area (Å²) in [6, 6.07) is 9.05. The Bertz CT molecular complexity index is 354. The number of rotatable bonds is 11. The second-order valence-corrected chi connectivity index (χ2v) is 7.60. The van der Waals surface area contributed by atoms with Crippen molar-refractivity contribution in [3.8, 4) is 0 Å². The summed E-state index contributed by atoms with van der Waals surface area (Å²) >= 11 is 3.56. The molecule has 0 spiro atoms. The molecule has 0 aliphatic carbocycles. The molecule has 0 bridgehead atoms. The minimum absolute atomic E-state index is 0.363. The summed E-state index contributed by atoms with van der Waals surface area (Å²) in [7, 11) is 0. The lowest BCUT2D eigenvalue weighted by Crippen LogP contribution is -2.22. The van der Waals surface area contributed by atoms with Gasteiger partial charge in [0, 0.05) is 4.47 Å². The van der Waals surface area contributed by atoms with Gasteiger partial charge in [-0.2, -0.15) is 0 Å². The number of benzene rings is 1. The first-order valence-electron chi connectivity index (χ1n) is 8.88. The second kappa shape index (κ2) is 10.4. The molecule has 0 aliphatic rings. The third-order valence-electron chi connectivity index (χ3n) is 4.71. The average molecular weight is 353 g/mol. The molecule has 0 fully saturated rings. The molecule has 0 aromatic heterocycles. The van der Waals surface area contributed by atoms with Crippen molar-refractivity contribution in [3.63, 3.8) is 0 Å². The molecule has 1 aromatic rings. The zero-order valence-electron chi connectivity index (χ0n) is 14.3. The first-order chi connectivity index (χ1) is 10.1. The van der Waals surface area contributed by atoms with E-state index in [1.54, 1.807) is 0 Å². The summed E-state index contributed by atoms with van der Waals surface area (Å²) < 4.78 is 1.19. The van der Waals surface area contributed by atoms with Gasteiger partial charge in [0.2, 0.25) is 0 Å². The van der Waals surface area contributed by atoms with E-state index >= 15 is 0 Å². The van der Waals surface area contributed by atoms with Crippen molar-refractivity contribution in [2.75, 3.05) is 0 Å². The Hall–Kier alpha value is -0.300. The minimum atomic E-state index is 0.363. The third kappa shape index (κ3) is 7.00. The second-order valence-electron chi connectivity index (χ2n) is 6.69. The van der Waals surface area contributed by atoms with E-state index in [9.17, 15) is 0 Å². The van der Waals surface area contributed by atoms with E-state index in [1.807, 2.05) is 0 Å². The molecule has 1 aromatic carbocycles. The van der Waals surface area contributed by atoms with Crippen molar-refractivity contribution in [1.29, 1.82) is 0 Å². The van der Waals surface area contributed by atoms with Gasteiger partial charge in [0.25, 0.3) is 0 Å². The van der Waals surface area contributed by atoms with Crippen LogP contribution in [-0.2, 0) is 5.41 Å². The van der Waals surface area contributed by atoms with E-state index in [4.69, 9.17) is 0 Å². The molecular weight excluding hydrogens is 320 g/mol. The van der Waals surface area contributed by atoms with E-state index in [1.165, 1.54) is 74.2 Å². The largest absolute Gasteiger partial charge is 0.0654 e. The summed E-state index contributed by atoms with van der Waals surface area (Å²) in [5.74, 6) is 0. The summed E-state index contributed by atoms with van der Waals surface area (Å²) in [6.45, 7) is 7.06. The summed E-state index contributed by atoms with van der Waals surface area (Å²) in [6.07, 6.45) is 13.6. The van der Waals surface area contributed by atoms with Crippen LogP contribution in [-0.4, -0.2) is 0 Å². The topological polar surface area (TPSA) is 0 Å². The highest BCUT2D eigenvalue weighted by molar-refractivity contribution is 9.10. The van der Waals surface area contributed by atoms with Crippen molar-refractivity contribution in [3.05, 3.63) is 34.3 Å². The molecule has 0 heterocycles. The molecule has 0 unspecified atom stereocenters. The van der Waals surface area contributed by atoms with Crippen LogP contribution in [0.25, 0.3) is 0 Å². The van der Waals surface area contributed by atoms with Crippen LogP contribution in [0.5, 0.6) is 0 Å². The fraction of sp³-hybridized carbons (Fsp3) is 0.700. The highest BCUT2D eigenvalue weighted by Crippen LogP contribution is 2.36. The van der Waals surface area contributed by atoms with Gasteiger partial charge in [-0.1, -0.05) is 100 Å². The zero-order valence-corrected chi connectivity index (χ0v) is 15.8. The Morgan fingerprint density at radius 2 is 1.24 bits per heavy atom. The van der Waals surface area contributed by atoms with Crippen LogP contribution in [0.15, 0.2) is 28.7 Å². The van der Waals surface area contributed by atoms with Gasteiger partial charge in [0.15, 0.2) is 0 Å². The van der Waals surface area contributed by atoms with Crippen LogP contribution in [0.1, 0.15) is 90.5 Å². The molecule has 0 saturated heterocycles. The average Bonchev–Trinajstić information content (AvgIpc) is 2.49. The van der Waals surface area contributed by atoms with Gasteiger partial charge in [-0.05, 0) is 36.0 Å². The fourth-order valence-electron chi connectivity index (χ4n) is 3.15. The maximum Gasteiger partial charge on any atom is 0.0175 e. The first kappa shape index (κ1) is 18.7. The van der Waals surface area contributed by atoms with Crippen molar-refractivity contribution < 1.29 is 0 Å². The van der Waals surface area contributed by atoms with Crippen molar-refractivity contribution >= 4 is 15.9 Å². The van der Waals surface area contributed by atoms with Gasteiger partial charge < -0.3 is 0 Å². The summed E-state index contributed by atoms with van der Waals surface area (Å²) in [5.41, 5.74) is 1.89. The highest BCUT2D eigenvalue weighted by Gasteiger charge is 2.25. The zero-order chi connectivity index (χ0) is 15.6. The van der Waals surface area contributed by atoms with E-state index in [-0.39, 0.29) is 0 Å². The van der Waals surface area contributed by atoms with E-state index < -0.39 is 0 Å². The van der Waals surface area contributed by atoms with E-state index in [2.05, 4.69) is 61.0 Å². The van der Waals surface area contributed by atoms with E-state index in [0.717, 1.165) is 0 Å². The van der Waals surface area contributed by atoms with Gasteiger partial charge >= 0.3 is 0 Å². The van der Waals surface area contributed by atoms with Crippen LogP contribution in [0.4, 0.5) is 0 Å². The SMILES string of the molecule is CCCCCCC(C)(CCCCCC)c1ccc(Br)cc1. The minimum Gasteiger partial charge on any atom is -0.0654 e. The van der Waals surface area contributed by atoms with Crippen LogP contribution in [0, 0.1) is 0 Å². The van der Waals surface area contributed by atoms with Crippen LogP contribution < -0.4 is 0 Å². The van der Waals surface area contributed by atoms with Gasteiger partial charge in [0.05, 0.1) is 0 Å². The van der Waals surface area contributed by atoms with Gasteiger partial charge in [-0.15, -0.1) is 0 Å². The van der Waals surface area contributed by atoms with Crippen LogP contribution >= 0.6 is 15.9 Å². The predicted molar refractivity (Wildman–Crippen MR) is 99.0 cm³/mol. The van der Waals surface area contributed by atoms with Gasteiger partial charge in [0.1, 0.15) is 0 Å². The number of unbranched alkanes of at least 4 members (excludes halogenated alkanes) is 6. The molecule has 0 N–H and O–H groups in total. The van der Waals surface area contributed by atoms with Crippen molar-refractivity contribution in [2.45, 2.75) is 90.4 Å². The van der Waals surface area contributed by atoms with E-state index in [0.29, 0.717) is 5.41 Å². The number of halogens is 1. The molecule has 120 valence electrons. The quantitative estimate of drug-likeness (QED) is 0.358. The van der Waals surface area contributed by atoms with Crippen LogP contribution in [0.3, 0.4) is 0 Å². The molecule has 0 saturated carbocycles. The Balaban J connectivity index is 2.65. The number of hydrogen-bond donors (Lipinski definition) is 0. The molecule has 0 atom stereocenters. The normalized spacial score (nSPS) is 11.8. The standard InChI is InChI=1S/C20H33Br/c1-4-6-8-10-16-20(3,17-11-9-7-5-2)18-12-14-19(21)15-13-18/h12-15H,4-11,16-17H2,1-3H3. The maximum atomic E-state index is 3.56. The molecule has 0 amide bonds. The summed E-state index contributed by atoms with van der Waals surface area (Å²) in [4.78, 5) is 0. The Labute approximate surface area is 140 Å². The molecule has 1 rings (SSSR count). The fourth-order valence-corrected chi connectivity index (χ4v) is 3.41. The first-order valence-corrected chi connectivity index (χ1v) is 9.67. The lowest BCUT2D eigenvalue weighted by atomic mass is 9.74. The third-order valence-corrected chi connectivity index (χ3v) is 5.23. The number of hydrogen-bond acceptors (Lipinski definition) is 0. The highest BCUT2D eigenvalue weighted by atomic mass is 79.9. The van der Waals surface area contributed by atoms with Gasteiger partial charge in [-0.25, -0.2) is 0 Å². The van der Waals surface area contributed by atoms with Crippen LogP contribution in [0.2, 0.25) is 0 Å². The molecule has 0 aliphatic heterocycles. The summed E-state index contributed by atoms with van der Waals surface area (Å²) in [5, 5.41) is 0. The molecular formula is C20H33Br. The molecule has 0 nitrogen and oxygen atoms in total. The Morgan fingerprint density at radius 3 is 1.67 bits per heavy atom. The smallest absolute Gasteiger partial charge is 0.0175 e. The maximum absolute atomic E-state index is 3.56. The molecule has 1 heteroatoms. The van der Waals surface area contributed by atoms with Crippen molar-refractivity contribution in [1.82, 2.24) is 0 Å². The van der Waals surface area contributed by atoms with Crippen molar-refractivity contribution in [2.24, 2.45) is 0 Å². The molecule has 0 radical (unpaired) electrons. The molecule has 21 heavy (non-hydrogen) atoms. The lowest BCUT2D eigenvalue weighted by molar-refractivity contribution is 0.364. The monoisotopic (exact) mass is 352 g/mol.